The maximum absolute atomic E-state index is 11.5. The Morgan fingerprint density at radius 1 is 1.14 bits per heavy atom. The minimum Gasteiger partial charge on any atom is -0.370 e. The second-order valence-corrected chi connectivity index (χ2v) is 7.06. The molecular formula is C18H25ClN6O2S. The van der Waals surface area contributed by atoms with Gasteiger partial charge in [-0.05, 0) is 37.0 Å². The summed E-state index contributed by atoms with van der Waals surface area (Å²) < 4.78 is 0. The number of hydrogen-bond donors (Lipinski definition) is 5. The lowest BCUT2D eigenvalue weighted by Gasteiger charge is -2.06. The molecule has 0 aliphatic heterocycles. The van der Waals surface area contributed by atoms with Gasteiger partial charge in [0.2, 0.25) is 11.8 Å². The topological polar surface area (TPSA) is 133 Å². The van der Waals surface area contributed by atoms with E-state index in [4.69, 9.17) is 11.1 Å². The number of benzene rings is 1. The van der Waals surface area contributed by atoms with Gasteiger partial charge in [-0.25, -0.2) is 4.98 Å². The highest BCUT2D eigenvalue weighted by molar-refractivity contribution is 7.15. The third kappa shape index (κ3) is 7.53. The maximum Gasteiger partial charge on any atom is 0.223 e. The van der Waals surface area contributed by atoms with E-state index in [1.807, 2.05) is 24.3 Å². The van der Waals surface area contributed by atoms with Gasteiger partial charge in [0.25, 0.3) is 0 Å². The minimum absolute atomic E-state index is 0. The monoisotopic (exact) mass is 424 g/mol. The molecule has 0 radical (unpaired) electrons. The lowest BCUT2D eigenvalue weighted by molar-refractivity contribution is -0.120. The summed E-state index contributed by atoms with van der Waals surface area (Å²) >= 11 is 1.41. The molecule has 28 heavy (non-hydrogen) atoms. The van der Waals surface area contributed by atoms with Crippen molar-refractivity contribution in [3.63, 3.8) is 0 Å². The van der Waals surface area contributed by atoms with E-state index in [2.05, 4.69) is 20.9 Å². The van der Waals surface area contributed by atoms with Gasteiger partial charge < -0.3 is 21.7 Å². The highest BCUT2D eigenvalue weighted by Gasteiger charge is 2.13. The third-order valence-corrected chi connectivity index (χ3v) is 4.88. The highest BCUT2D eigenvalue weighted by Crippen LogP contribution is 2.26. The molecule has 0 bridgehead atoms. The van der Waals surface area contributed by atoms with Gasteiger partial charge in [0.15, 0.2) is 11.1 Å². The fraction of sp³-hybridized carbons (Fsp3) is 0.333. The predicted octanol–water partition coefficient (Wildman–Crippen LogP) is 2.29. The quantitative estimate of drug-likeness (QED) is 0.327. The molecule has 0 unspecified atom stereocenters. The molecule has 0 saturated heterocycles. The first kappa shape index (κ1) is 23.4. The molecule has 0 atom stereocenters. The van der Waals surface area contributed by atoms with E-state index in [1.54, 1.807) is 7.05 Å². The van der Waals surface area contributed by atoms with Crippen LogP contribution in [0.1, 0.15) is 29.5 Å². The van der Waals surface area contributed by atoms with Crippen molar-refractivity contribution < 1.29 is 9.59 Å². The van der Waals surface area contributed by atoms with Crippen molar-refractivity contribution in [2.24, 2.45) is 5.73 Å². The van der Waals surface area contributed by atoms with E-state index in [-0.39, 0.29) is 30.2 Å². The molecule has 10 heteroatoms. The molecule has 8 nitrogen and oxygen atoms in total. The average Bonchev–Trinajstić information content (AvgIpc) is 2.99. The number of carbonyl (C=O) groups is 2. The number of carbonyl (C=O) groups excluding carboxylic acids is 2. The third-order valence-electron chi connectivity index (χ3n) is 3.80. The lowest BCUT2D eigenvalue weighted by atomic mass is 10.1. The molecule has 0 aliphatic rings. The van der Waals surface area contributed by atoms with Crippen LogP contribution in [-0.2, 0) is 28.9 Å². The van der Waals surface area contributed by atoms with E-state index in [0.717, 1.165) is 28.2 Å². The Morgan fingerprint density at radius 3 is 2.39 bits per heavy atom. The molecule has 0 spiro atoms. The molecule has 0 aliphatic carbocycles. The molecule has 152 valence electrons. The van der Waals surface area contributed by atoms with Gasteiger partial charge >= 0.3 is 0 Å². The Bertz CT molecular complexity index is 822. The van der Waals surface area contributed by atoms with Crippen molar-refractivity contribution in [1.29, 1.82) is 5.41 Å². The normalized spacial score (nSPS) is 9.93. The Morgan fingerprint density at radius 2 is 1.82 bits per heavy atom. The summed E-state index contributed by atoms with van der Waals surface area (Å²) in [5.41, 5.74) is 8.10. The second kappa shape index (κ2) is 11.3. The number of aryl methyl sites for hydroxylation is 3. The number of hydrogen-bond acceptors (Lipinski definition) is 5. The number of nitrogens with one attached hydrogen (secondary N) is 4. The van der Waals surface area contributed by atoms with Crippen LogP contribution in [-0.4, -0.2) is 29.8 Å². The Labute approximate surface area is 174 Å². The van der Waals surface area contributed by atoms with E-state index >= 15 is 0 Å². The van der Waals surface area contributed by atoms with E-state index in [0.29, 0.717) is 24.4 Å². The number of halogens is 1. The summed E-state index contributed by atoms with van der Waals surface area (Å²) in [5.74, 6) is -0.290. The minimum atomic E-state index is -0.165. The Balaban J connectivity index is 0.00000392. The summed E-state index contributed by atoms with van der Waals surface area (Å²) in [7, 11) is 1.61. The van der Waals surface area contributed by atoms with Crippen molar-refractivity contribution in [2.45, 2.75) is 32.6 Å². The van der Waals surface area contributed by atoms with Crippen LogP contribution in [0.4, 0.5) is 10.8 Å². The Kier molecular flexibility index (Phi) is 9.40. The number of anilines is 2. The lowest BCUT2D eigenvalue weighted by Crippen LogP contribution is -2.20. The molecule has 2 aromatic rings. The molecule has 1 aromatic heterocycles. The number of aromatic nitrogens is 1. The fourth-order valence-electron chi connectivity index (χ4n) is 2.50. The van der Waals surface area contributed by atoms with E-state index in [9.17, 15) is 9.59 Å². The van der Waals surface area contributed by atoms with Crippen LogP contribution in [0.5, 0.6) is 0 Å². The summed E-state index contributed by atoms with van der Waals surface area (Å²) in [6.07, 6.45) is 2.46. The summed E-state index contributed by atoms with van der Waals surface area (Å²) in [5, 5.41) is 15.9. The van der Waals surface area contributed by atoms with E-state index in [1.165, 1.54) is 18.3 Å². The highest BCUT2D eigenvalue weighted by atomic mass is 35.5. The van der Waals surface area contributed by atoms with Crippen LogP contribution in [0.2, 0.25) is 0 Å². The SMILES string of the molecule is CNC(=O)CCc1sc(NC(C)=O)nc1CCc1ccc(NC(=N)N)cc1.Cl. The first-order valence-electron chi connectivity index (χ1n) is 8.54. The number of amides is 2. The largest absolute Gasteiger partial charge is 0.370 e. The zero-order chi connectivity index (χ0) is 19.8. The van der Waals surface area contributed by atoms with Crippen LogP contribution in [0.15, 0.2) is 24.3 Å². The molecule has 0 saturated carbocycles. The zero-order valence-electron chi connectivity index (χ0n) is 15.8. The van der Waals surface area contributed by atoms with Crippen LogP contribution in [0, 0.1) is 5.41 Å². The van der Waals surface area contributed by atoms with Gasteiger partial charge in [0.1, 0.15) is 0 Å². The van der Waals surface area contributed by atoms with Crippen LogP contribution < -0.4 is 21.7 Å². The molecular weight excluding hydrogens is 400 g/mol. The van der Waals surface area contributed by atoms with Crippen LogP contribution in [0.25, 0.3) is 0 Å². The van der Waals surface area contributed by atoms with Gasteiger partial charge in [-0.3, -0.25) is 15.0 Å². The van der Waals surface area contributed by atoms with Crippen LogP contribution in [0.3, 0.4) is 0 Å². The van der Waals surface area contributed by atoms with Gasteiger partial charge in [0, 0.05) is 31.0 Å². The first-order chi connectivity index (χ1) is 12.9. The maximum atomic E-state index is 11.5. The van der Waals surface area contributed by atoms with Crippen molar-refractivity contribution in [2.75, 3.05) is 17.7 Å². The number of nitrogens with two attached hydrogens (primary N) is 1. The molecule has 2 rings (SSSR count). The van der Waals surface area contributed by atoms with Gasteiger partial charge in [-0.2, -0.15) is 0 Å². The number of nitrogens with zero attached hydrogens (tertiary/aromatic N) is 1. The number of thiazole rings is 1. The molecule has 1 aromatic carbocycles. The zero-order valence-corrected chi connectivity index (χ0v) is 17.4. The van der Waals surface area contributed by atoms with Crippen molar-refractivity contribution in [1.82, 2.24) is 10.3 Å². The molecule has 0 fully saturated rings. The molecule has 6 N–H and O–H groups in total. The van der Waals surface area contributed by atoms with Crippen molar-refractivity contribution in [3.8, 4) is 0 Å². The number of rotatable bonds is 8. The standard InChI is InChI=1S/C18H24N6O2S.ClH/c1-11(25)22-18-24-14(15(27-18)9-10-16(26)21-2)8-5-12-3-6-13(7-4-12)23-17(19)20;/h3-4,6-7H,5,8-10H2,1-2H3,(H,21,26)(H4,19,20,23)(H,22,24,25);1H. The summed E-state index contributed by atoms with van der Waals surface area (Å²) in [4.78, 5) is 28.4. The fourth-order valence-corrected chi connectivity index (χ4v) is 3.56. The van der Waals surface area contributed by atoms with Crippen molar-refractivity contribution in [3.05, 3.63) is 40.4 Å². The van der Waals surface area contributed by atoms with Crippen molar-refractivity contribution >= 4 is 52.3 Å². The van der Waals surface area contributed by atoms with Crippen LogP contribution >= 0.6 is 23.7 Å². The van der Waals surface area contributed by atoms with Gasteiger partial charge in [0.05, 0.1) is 5.69 Å². The first-order valence-corrected chi connectivity index (χ1v) is 9.35. The molecule has 2 amide bonds. The van der Waals surface area contributed by atoms with E-state index < -0.39 is 0 Å². The summed E-state index contributed by atoms with van der Waals surface area (Å²) in [6, 6.07) is 7.67. The summed E-state index contributed by atoms with van der Waals surface area (Å²) in [6.45, 7) is 1.45. The predicted molar refractivity (Wildman–Crippen MR) is 115 cm³/mol. The smallest absolute Gasteiger partial charge is 0.223 e. The average molecular weight is 425 g/mol. The Hall–Kier alpha value is -2.65. The number of guanidine groups is 1. The molecule has 1 heterocycles. The van der Waals surface area contributed by atoms with Gasteiger partial charge in [-0.15, -0.1) is 23.7 Å². The second-order valence-electron chi connectivity index (χ2n) is 5.98. The van der Waals surface area contributed by atoms with Gasteiger partial charge in [-0.1, -0.05) is 12.1 Å².